The fourth-order valence-electron chi connectivity index (χ4n) is 4.33. The van der Waals surface area contributed by atoms with Crippen LogP contribution in [-0.2, 0) is 31.8 Å². The monoisotopic (exact) mass is 545 g/mol. The zero-order chi connectivity index (χ0) is 25.4. The minimum absolute atomic E-state index is 0.0870. The number of thioether (sulfide) groups is 1. The topological polar surface area (TPSA) is 73.7 Å². The van der Waals surface area contributed by atoms with Gasteiger partial charge in [-0.05, 0) is 37.1 Å². The van der Waals surface area contributed by atoms with Gasteiger partial charge in [-0.3, -0.25) is 0 Å². The van der Waals surface area contributed by atoms with Crippen LogP contribution < -0.4 is 0 Å². The van der Waals surface area contributed by atoms with E-state index in [4.69, 9.17) is 9.47 Å². The summed E-state index contributed by atoms with van der Waals surface area (Å²) in [5.74, 6) is -6.87. The number of aromatic nitrogens is 2. The third-order valence-electron chi connectivity index (χ3n) is 6.24. The second-order valence-corrected chi connectivity index (χ2v) is 11.4. The number of rotatable bonds is 7. The first-order chi connectivity index (χ1) is 17.3. The van der Waals surface area contributed by atoms with Gasteiger partial charge in [-0.1, -0.05) is 11.8 Å². The maximum absolute atomic E-state index is 14.2. The number of benzene rings is 2. The van der Waals surface area contributed by atoms with Crippen molar-refractivity contribution in [3.63, 3.8) is 0 Å². The lowest BCUT2D eigenvalue weighted by molar-refractivity contribution is 0.0730. The molecular formula is C23H23F4N3O4S2. The van der Waals surface area contributed by atoms with E-state index in [1.165, 1.54) is 16.4 Å². The van der Waals surface area contributed by atoms with Crippen molar-refractivity contribution in [2.75, 3.05) is 32.9 Å². The molecule has 0 aliphatic carbocycles. The highest BCUT2D eigenvalue weighted by Crippen LogP contribution is 2.32. The molecule has 36 heavy (non-hydrogen) atoms. The second-order valence-electron chi connectivity index (χ2n) is 8.56. The molecule has 0 amide bonds. The third-order valence-corrected chi connectivity index (χ3v) is 9.16. The van der Waals surface area contributed by atoms with E-state index in [1.807, 2.05) is 4.57 Å². The van der Waals surface area contributed by atoms with Crippen molar-refractivity contribution in [3.8, 4) is 0 Å². The lowest BCUT2D eigenvalue weighted by Crippen LogP contribution is -2.40. The highest BCUT2D eigenvalue weighted by atomic mass is 32.2. The maximum Gasteiger partial charge on any atom is 0.243 e. The van der Waals surface area contributed by atoms with Gasteiger partial charge in [0.15, 0.2) is 28.4 Å². The minimum Gasteiger partial charge on any atom is -0.379 e. The molecule has 2 aliphatic heterocycles. The van der Waals surface area contributed by atoms with E-state index < -0.39 is 33.3 Å². The number of hydrogen-bond donors (Lipinski definition) is 0. The molecule has 2 aliphatic rings. The van der Waals surface area contributed by atoms with E-state index in [-0.39, 0.29) is 35.4 Å². The van der Waals surface area contributed by atoms with Gasteiger partial charge in [-0.25, -0.2) is 31.0 Å². The first-order valence-corrected chi connectivity index (χ1v) is 13.8. The molecule has 0 radical (unpaired) electrons. The summed E-state index contributed by atoms with van der Waals surface area (Å²) in [7, 11) is -3.75. The molecule has 194 valence electrons. The molecule has 2 aromatic carbocycles. The highest BCUT2D eigenvalue weighted by Gasteiger charge is 2.28. The van der Waals surface area contributed by atoms with E-state index in [0.29, 0.717) is 48.6 Å². The number of imidazole rings is 1. The molecule has 0 bridgehead atoms. The zero-order valence-electron chi connectivity index (χ0n) is 19.1. The number of fused-ring (bicyclic) bond motifs is 1. The van der Waals surface area contributed by atoms with Gasteiger partial charge in [0.2, 0.25) is 10.0 Å². The van der Waals surface area contributed by atoms with Crippen molar-refractivity contribution in [2.24, 2.45) is 0 Å². The van der Waals surface area contributed by atoms with Crippen LogP contribution in [0, 0.1) is 23.3 Å². The Balaban J connectivity index is 1.49. The van der Waals surface area contributed by atoms with Crippen LogP contribution in [0.2, 0.25) is 0 Å². The fourth-order valence-corrected chi connectivity index (χ4v) is 6.75. The van der Waals surface area contributed by atoms with E-state index in [2.05, 4.69) is 4.98 Å². The Kier molecular flexibility index (Phi) is 7.27. The zero-order valence-corrected chi connectivity index (χ0v) is 20.7. The van der Waals surface area contributed by atoms with Crippen molar-refractivity contribution in [1.82, 2.24) is 13.9 Å². The number of hydrogen-bond acceptors (Lipinski definition) is 6. The Hall–Kier alpha value is -2.19. The van der Waals surface area contributed by atoms with E-state index >= 15 is 0 Å². The van der Waals surface area contributed by atoms with Gasteiger partial charge in [0.05, 0.1) is 41.8 Å². The van der Waals surface area contributed by atoms with Crippen molar-refractivity contribution in [1.29, 1.82) is 0 Å². The van der Waals surface area contributed by atoms with Crippen molar-refractivity contribution in [3.05, 3.63) is 53.1 Å². The van der Waals surface area contributed by atoms with Gasteiger partial charge in [0.1, 0.15) is 0 Å². The standard InChI is InChI=1S/C23H23F4N3O4S2/c24-17-10-14(20(25)22(27)21(17)26)13-35-23-28-18-11-16(36(31,32)29-5-8-33-9-6-29)3-4-19(18)30(23)12-15-2-1-7-34-15/h3-4,10-11,15H,1-2,5-9,12-13H2. The molecule has 2 saturated heterocycles. The van der Waals surface area contributed by atoms with Crippen LogP contribution >= 0.6 is 11.8 Å². The molecular weight excluding hydrogens is 522 g/mol. The number of nitrogens with zero attached hydrogens (tertiary/aromatic N) is 3. The summed E-state index contributed by atoms with van der Waals surface area (Å²) >= 11 is 1.01. The molecule has 1 atom stereocenters. The Morgan fingerprint density at radius 1 is 1.03 bits per heavy atom. The maximum atomic E-state index is 14.2. The first-order valence-electron chi connectivity index (χ1n) is 11.4. The van der Waals surface area contributed by atoms with E-state index in [0.717, 1.165) is 24.6 Å². The smallest absolute Gasteiger partial charge is 0.243 e. The van der Waals surface area contributed by atoms with Crippen LogP contribution in [0.5, 0.6) is 0 Å². The lowest BCUT2D eigenvalue weighted by atomic mass is 10.2. The Labute approximate surface area is 209 Å². The molecule has 1 aromatic heterocycles. The van der Waals surface area contributed by atoms with Gasteiger partial charge in [0, 0.05) is 31.0 Å². The molecule has 13 heteroatoms. The van der Waals surface area contributed by atoms with Crippen LogP contribution in [0.25, 0.3) is 11.0 Å². The Morgan fingerprint density at radius 3 is 2.53 bits per heavy atom. The van der Waals surface area contributed by atoms with Crippen molar-refractivity contribution < 1.29 is 35.5 Å². The minimum atomic E-state index is -3.75. The quantitative estimate of drug-likeness (QED) is 0.193. The number of morpholine rings is 1. The molecule has 0 saturated carbocycles. The Morgan fingerprint density at radius 2 is 1.81 bits per heavy atom. The average molecular weight is 546 g/mol. The van der Waals surface area contributed by atoms with Gasteiger partial charge in [-0.2, -0.15) is 4.31 Å². The molecule has 1 unspecified atom stereocenters. The average Bonchev–Trinajstić information content (AvgIpc) is 3.52. The number of sulfonamides is 1. The summed E-state index contributed by atoms with van der Waals surface area (Å²) < 4.78 is 95.3. The molecule has 0 N–H and O–H groups in total. The molecule has 3 heterocycles. The summed E-state index contributed by atoms with van der Waals surface area (Å²) in [6, 6.07) is 5.28. The molecule has 3 aromatic rings. The third kappa shape index (κ3) is 4.86. The predicted octanol–water partition coefficient (Wildman–Crippen LogP) is 4.08. The van der Waals surface area contributed by atoms with Crippen LogP contribution in [0.4, 0.5) is 17.6 Å². The van der Waals surface area contributed by atoms with Crippen molar-refractivity contribution >= 4 is 32.8 Å². The fraction of sp³-hybridized carbons (Fsp3) is 0.435. The normalized spacial score (nSPS) is 19.4. The highest BCUT2D eigenvalue weighted by molar-refractivity contribution is 7.98. The molecule has 7 nitrogen and oxygen atoms in total. The number of halogens is 4. The van der Waals surface area contributed by atoms with Crippen LogP contribution in [0.1, 0.15) is 18.4 Å². The molecule has 2 fully saturated rings. The van der Waals surface area contributed by atoms with E-state index in [1.54, 1.807) is 6.07 Å². The van der Waals surface area contributed by atoms with Gasteiger partial charge < -0.3 is 14.0 Å². The summed E-state index contributed by atoms with van der Waals surface area (Å²) in [5, 5.41) is 0.394. The summed E-state index contributed by atoms with van der Waals surface area (Å²) in [6.45, 7) is 2.19. The van der Waals surface area contributed by atoms with Gasteiger partial charge >= 0.3 is 0 Å². The predicted molar refractivity (Wildman–Crippen MR) is 124 cm³/mol. The number of ether oxygens (including phenoxy) is 2. The summed E-state index contributed by atoms with van der Waals surface area (Å²) in [6.07, 6.45) is 1.65. The summed E-state index contributed by atoms with van der Waals surface area (Å²) in [4.78, 5) is 4.65. The first kappa shape index (κ1) is 25.5. The van der Waals surface area contributed by atoms with Crippen LogP contribution in [-0.4, -0.2) is 61.3 Å². The van der Waals surface area contributed by atoms with Crippen LogP contribution in [0.3, 0.4) is 0 Å². The molecule has 5 rings (SSSR count). The van der Waals surface area contributed by atoms with Crippen LogP contribution in [0.15, 0.2) is 34.3 Å². The largest absolute Gasteiger partial charge is 0.379 e. The molecule has 0 spiro atoms. The lowest BCUT2D eigenvalue weighted by Gasteiger charge is -2.26. The summed E-state index contributed by atoms with van der Waals surface area (Å²) in [5.41, 5.74) is 0.704. The van der Waals surface area contributed by atoms with E-state index in [9.17, 15) is 26.0 Å². The van der Waals surface area contributed by atoms with Crippen molar-refractivity contribution in [2.45, 2.75) is 41.3 Å². The second kappa shape index (κ2) is 10.3. The SMILES string of the molecule is O=S(=O)(c1ccc2c(c1)nc(SCc1cc(F)c(F)c(F)c1F)n2CC1CCCO1)N1CCOCC1. The Bertz CT molecular complexity index is 1390. The van der Waals surface area contributed by atoms with Gasteiger partial charge in [-0.15, -0.1) is 0 Å². The van der Waals surface area contributed by atoms with Gasteiger partial charge in [0.25, 0.3) is 0 Å².